The van der Waals surface area contributed by atoms with Crippen molar-refractivity contribution < 1.29 is 9.90 Å². The standard InChI is InChI=1S/C13H21N3O2/c1-4-5-10(6-13(17)18)16-12-7-11(9(2)3)14-8-15-12/h7-10H,4-6H2,1-3H3,(H,17,18)(H,14,15,16). The number of aliphatic carboxylic acids is 1. The van der Waals surface area contributed by atoms with Crippen molar-refractivity contribution in [3.05, 3.63) is 18.1 Å². The SMILES string of the molecule is CCCC(CC(=O)O)Nc1cc(C(C)C)ncn1. The van der Waals surface area contributed by atoms with Crippen LogP contribution in [0.5, 0.6) is 0 Å². The summed E-state index contributed by atoms with van der Waals surface area (Å²) in [6.07, 6.45) is 3.37. The first-order chi connectivity index (χ1) is 8.52. The molecule has 0 spiro atoms. The van der Waals surface area contributed by atoms with E-state index in [9.17, 15) is 4.79 Å². The van der Waals surface area contributed by atoms with Crippen molar-refractivity contribution in [2.45, 2.75) is 52.0 Å². The van der Waals surface area contributed by atoms with Crippen molar-refractivity contribution in [2.75, 3.05) is 5.32 Å². The third-order valence-corrected chi connectivity index (χ3v) is 2.69. The minimum Gasteiger partial charge on any atom is -0.481 e. The van der Waals surface area contributed by atoms with E-state index in [4.69, 9.17) is 5.11 Å². The van der Waals surface area contributed by atoms with Crippen LogP contribution in [0.4, 0.5) is 5.82 Å². The van der Waals surface area contributed by atoms with Gasteiger partial charge in [-0.2, -0.15) is 0 Å². The first-order valence-electron chi connectivity index (χ1n) is 6.33. The van der Waals surface area contributed by atoms with Crippen LogP contribution in [0.15, 0.2) is 12.4 Å². The third kappa shape index (κ3) is 4.69. The van der Waals surface area contributed by atoms with E-state index in [1.807, 2.05) is 13.0 Å². The smallest absolute Gasteiger partial charge is 0.305 e. The first kappa shape index (κ1) is 14.4. The van der Waals surface area contributed by atoms with Gasteiger partial charge in [-0.05, 0) is 12.3 Å². The average molecular weight is 251 g/mol. The van der Waals surface area contributed by atoms with Crippen LogP contribution >= 0.6 is 0 Å². The second-order valence-corrected chi connectivity index (χ2v) is 4.71. The number of nitrogens with one attached hydrogen (secondary N) is 1. The monoisotopic (exact) mass is 251 g/mol. The van der Waals surface area contributed by atoms with Gasteiger partial charge in [0, 0.05) is 17.8 Å². The van der Waals surface area contributed by atoms with E-state index in [1.54, 1.807) is 0 Å². The molecule has 1 aromatic heterocycles. The summed E-state index contributed by atoms with van der Waals surface area (Å²) in [5.41, 5.74) is 0.957. The molecular weight excluding hydrogens is 230 g/mol. The molecule has 0 aromatic carbocycles. The first-order valence-corrected chi connectivity index (χ1v) is 6.33. The van der Waals surface area contributed by atoms with Crippen LogP contribution in [0.1, 0.15) is 51.6 Å². The summed E-state index contributed by atoms with van der Waals surface area (Å²) in [5.74, 6) is 0.241. The summed E-state index contributed by atoms with van der Waals surface area (Å²) in [4.78, 5) is 19.1. The summed E-state index contributed by atoms with van der Waals surface area (Å²) < 4.78 is 0. The second kappa shape index (κ2) is 6.93. The molecule has 0 saturated carbocycles. The number of carbonyl (C=O) groups is 1. The van der Waals surface area contributed by atoms with Gasteiger partial charge in [0.25, 0.3) is 0 Å². The predicted octanol–water partition coefficient (Wildman–Crippen LogP) is 2.66. The molecular formula is C13H21N3O2. The summed E-state index contributed by atoms with van der Waals surface area (Å²) in [5, 5.41) is 12.0. The van der Waals surface area contributed by atoms with E-state index in [-0.39, 0.29) is 12.5 Å². The number of nitrogens with zero attached hydrogens (tertiary/aromatic N) is 2. The lowest BCUT2D eigenvalue weighted by Crippen LogP contribution is -2.23. The topological polar surface area (TPSA) is 75.1 Å². The van der Waals surface area contributed by atoms with Crippen molar-refractivity contribution in [1.82, 2.24) is 9.97 Å². The molecule has 1 rings (SSSR count). The van der Waals surface area contributed by atoms with Gasteiger partial charge in [-0.25, -0.2) is 9.97 Å². The highest BCUT2D eigenvalue weighted by Gasteiger charge is 2.13. The molecule has 0 aliphatic heterocycles. The van der Waals surface area contributed by atoms with Crippen LogP contribution in [0, 0.1) is 0 Å². The van der Waals surface area contributed by atoms with Crippen LogP contribution in [0.25, 0.3) is 0 Å². The van der Waals surface area contributed by atoms with Crippen LogP contribution in [-0.2, 0) is 4.79 Å². The molecule has 0 saturated heterocycles. The molecule has 5 heteroatoms. The molecule has 0 amide bonds. The van der Waals surface area contributed by atoms with Gasteiger partial charge in [-0.1, -0.05) is 27.2 Å². The maximum Gasteiger partial charge on any atom is 0.305 e. The molecule has 2 N–H and O–H groups in total. The van der Waals surface area contributed by atoms with Gasteiger partial charge < -0.3 is 10.4 Å². The van der Waals surface area contributed by atoms with E-state index in [2.05, 4.69) is 29.1 Å². The van der Waals surface area contributed by atoms with Gasteiger partial charge in [-0.15, -0.1) is 0 Å². The molecule has 0 bridgehead atoms. The molecule has 0 fully saturated rings. The summed E-state index contributed by atoms with van der Waals surface area (Å²) >= 11 is 0. The van der Waals surface area contributed by atoms with Gasteiger partial charge in [0.1, 0.15) is 12.1 Å². The fraction of sp³-hybridized carbons (Fsp3) is 0.615. The highest BCUT2D eigenvalue weighted by atomic mass is 16.4. The molecule has 1 atom stereocenters. The Morgan fingerprint density at radius 3 is 2.72 bits per heavy atom. The molecule has 0 aliphatic carbocycles. The summed E-state index contributed by atoms with van der Waals surface area (Å²) in [7, 11) is 0. The normalized spacial score (nSPS) is 12.4. The number of rotatable bonds is 7. The van der Waals surface area contributed by atoms with Crippen LogP contribution < -0.4 is 5.32 Å². The molecule has 0 radical (unpaired) electrons. The minimum atomic E-state index is -0.793. The predicted molar refractivity (Wildman–Crippen MR) is 70.7 cm³/mol. The molecule has 1 unspecified atom stereocenters. The van der Waals surface area contributed by atoms with Crippen LogP contribution in [0.3, 0.4) is 0 Å². The summed E-state index contributed by atoms with van der Waals surface area (Å²) in [6.45, 7) is 6.16. The van der Waals surface area contributed by atoms with Crippen molar-refractivity contribution in [2.24, 2.45) is 0 Å². The van der Waals surface area contributed by atoms with Crippen molar-refractivity contribution in [1.29, 1.82) is 0 Å². The number of anilines is 1. The Bertz CT molecular complexity index is 394. The second-order valence-electron chi connectivity index (χ2n) is 4.71. The average Bonchev–Trinajstić information content (AvgIpc) is 2.28. The zero-order valence-electron chi connectivity index (χ0n) is 11.2. The fourth-order valence-corrected chi connectivity index (χ4v) is 1.76. The Balaban J connectivity index is 2.73. The van der Waals surface area contributed by atoms with E-state index < -0.39 is 5.97 Å². The Kier molecular flexibility index (Phi) is 5.55. The quantitative estimate of drug-likeness (QED) is 0.779. The van der Waals surface area contributed by atoms with Crippen molar-refractivity contribution in [3.63, 3.8) is 0 Å². The Morgan fingerprint density at radius 2 is 2.17 bits per heavy atom. The molecule has 1 aromatic rings. The maximum absolute atomic E-state index is 10.8. The molecule has 100 valence electrons. The zero-order chi connectivity index (χ0) is 13.5. The fourth-order valence-electron chi connectivity index (χ4n) is 1.76. The van der Waals surface area contributed by atoms with Crippen LogP contribution in [-0.4, -0.2) is 27.1 Å². The molecule has 0 aliphatic rings. The Labute approximate surface area is 108 Å². The van der Waals surface area contributed by atoms with Gasteiger partial charge in [0.05, 0.1) is 6.42 Å². The lowest BCUT2D eigenvalue weighted by atomic mass is 10.1. The largest absolute Gasteiger partial charge is 0.481 e. The van der Waals surface area contributed by atoms with E-state index in [0.717, 1.165) is 18.5 Å². The molecule has 5 nitrogen and oxygen atoms in total. The van der Waals surface area contributed by atoms with Crippen molar-refractivity contribution in [3.8, 4) is 0 Å². The number of carboxylic acids is 1. The highest BCUT2D eigenvalue weighted by Crippen LogP contribution is 2.16. The number of aromatic nitrogens is 2. The molecule has 18 heavy (non-hydrogen) atoms. The third-order valence-electron chi connectivity index (χ3n) is 2.69. The maximum atomic E-state index is 10.8. The van der Waals surface area contributed by atoms with Crippen LogP contribution in [0.2, 0.25) is 0 Å². The lowest BCUT2D eigenvalue weighted by molar-refractivity contribution is -0.137. The molecule has 1 heterocycles. The van der Waals surface area contributed by atoms with Gasteiger partial charge >= 0.3 is 5.97 Å². The van der Waals surface area contributed by atoms with E-state index >= 15 is 0 Å². The number of hydrogen-bond acceptors (Lipinski definition) is 4. The summed E-state index contributed by atoms with van der Waals surface area (Å²) in [6, 6.07) is 1.80. The van der Waals surface area contributed by atoms with Gasteiger partial charge in [-0.3, -0.25) is 4.79 Å². The number of carboxylic acid groups (broad SMARTS) is 1. The number of hydrogen-bond donors (Lipinski definition) is 2. The van der Waals surface area contributed by atoms with Crippen molar-refractivity contribution >= 4 is 11.8 Å². The lowest BCUT2D eigenvalue weighted by Gasteiger charge is -2.17. The zero-order valence-corrected chi connectivity index (χ0v) is 11.2. The van der Waals surface area contributed by atoms with Gasteiger partial charge in [0.2, 0.25) is 0 Å². The minimum absolute atomic E-state index is 0.0811. The van der Waals surface area contributed by atoms with Gasteiger partial charge in [0.15, 0.2) is 0 Å². The highest BCUT2D eigenvalue weighted by molar-refractivity contribution is 5.68. The Morgan fingerprint density at radius 1 is 1.44 bits per heavy atom. The van der Waals surface area contributed by atoms with E-state index in [0.29, 0.717) is 11.7 Å². The van der Waals surface area contributed by atoms with E-state index in [1.165, 1.54) is 6.33 Å². The Hall–Kier alpha value is -1.65.